The number of nitrogens with zero attached hydrogens (tertiary/aromatic N) is 3. The monoisotopic (exact) mass is 356 g/mol. The van der Waals surface area contributed by atoms with E-state index in [-0.39, 0.29) is 24.8 Å². The summed E-state index contributed by atoms with van der Waals surface area (Å²) < 4.78 is 1.89. The summed E-state index contributed by atoms with van der Waals surface area (Å²) in [7, 11) is 1.63. The maximum atomic E-state index is 12.3. The molecule has 1 aromatic carbocycles. The van der Waals surface area contributed by atoms with Crippen molar-refractivity contribution in [2.24, 2.45) is 0 Å². The number of nitrogens with one attached hydrogen (secondary N) is 1. The van der Waals surface area contributed by atoms with Gasteiger partial charge in [0.05, 0.1) is 18.7 Å². The van der Waals surface area contributed by atoms with E-state index in [0.717, 1.165) is 21.8 Å². The summed E-state index contributed by atoms with van der Waals surface area (Å²) in [6.07, 6.45) is 3.93. The number of imidazole rings is 1. The molecule has 0 saturated heterocycles. The van der Waals surface area contributed by atoms with E-state index in [9.17, 15) is 9.59 Å². The van der Waals surface area contributed by atoms with Crippen LogP contribution in [0.1, 0.15) is 16.8 Å². The molecule has 2 aromatic heterocycles. The first-order chi connectivity index (χ1) is 11.9. The van der Waals surface area contributed by atoms with Gasteiger partial charge in [-0.15, -0.1) is 11.3 Å². The minimum absolute atomic E-state index is 0.00876. The molecule has 0 spiro atoms. The van der Waals surface area contributed by atoms with Crippen molar-refractivity contribution >= 4 is 33.8 Å². The third-order valence-electron chi connectivity index (χ3n) is 4.03. The number of carbonyl (C=O) groups excluding carboxylic acids is 2. The van der Waals surface area contributed by atoms with Crippen LogP contribution in [0.25, 0.3) is 4.96 Å². The van der Waals surface area contributed by atoms with Gasteiger partial charge < -0.3 is 10.2 Å². The van der Waals surface area contributed by atoms with Crippen molar-refractivity contribution in [1.82, 2.24) is 14.3 Å². The Bertz CT molecular complexity index is 879. The van der Waals surface area contributed by atoms with E-state index in [1.165, 1.54) is 16.2 Å². The Morgan fingerprint density at radius 1 is 1.28 bits per heavy atom. The summed E-state index contributed by atoms with van der Waals surface area (Å²) in [5.74, 6) is -0.346. The van der Waals surface area contributed by atoms with Crippen LogP contribution in [0, 0.1) is 13.8 Å². The summed E-state index contributed by atoms with van der Waals surface area (Å²) in [6, 6.07) is 5.84. The maximum Gasteiger partial charge on any atom is 0.243 e. The van der Waals surface area contributed by atoms with Gasteiger partial charge >= 0.3 is 0 Å². The Morgan fingerprint density at radius 3 is 2.68 bits per heavy atom. The van der Waals surface area contributed by atoms with E-state index >= 15 is 0 Å². The predicted molar refractivity (Wildman–Crippen MR) is 99.0 cm³/mol. The van der Waals surface area contributed by atoms with Crippen molar-refractivity contribution in [2.45, 2.75) is 20.3 Å². The normalized spacial score (nSPS) is 10.8. The number of amides is 2. The fourth-order valence-electron chi connectivity index (χ4n) is 2.65. The SMILES string of the molecule is Cc1cccc(C)c1NC(=O)CN(C)C(=O)Cc1cn2ccsc2n1. The van der Waals surface area contributed by atoms with Crippen molar-refractivity contribution in [3.8, 4) is 0 Å². The molecule has 25 heavy (non-hydrogen) atoms. The van der Waals surface area contributed by atoms with Gasteiger partial charge in [0.1, 0.15) is 0 Å². The molecule has 0 radical (unpaired) electrons. The van der Waals surface area contributed by atoms with Crippen molar-refractivity contribution in [2.75, 3.05) is 18.9 Å². The average molecular weight is 356 g/mol. The molecule has 7 heteroatoms. The number of para-hydroxylation sites is 1. The number of fused-ring (bicyclic) bond motifs is 1. The molecule has 0 unspecified atom stereocenters. The second-order valence-corrected chi connectivity index (χ2v) is 6.94. The van der Waals surface area contributed by atoms with Gasteiger partial charge in [-0.3, -0.25) is 14.0 Å². The van der Waals surface area contributed by atoms with Crippen LogP contribution in [0.2, 0.25) is 0 Å². The van der Waals surface area contributed by atoms with Crippen LogP contribution in [0.3, 0.4) is 0 Å². The number of carbonyl (C=O) groups is 2. The Kier molecular flexibility index (Phi) is 4.85. The molecular weight excluding hydrogens is 336 g/mol. The molecule has 3 aromatic rings. The molecular formula is C18H20N4O2S. The summed E-state index contributed by atoms with van der Waals surface area (Å²) >= 11 is 1.52. The smallest absolute Gasteiger partial charge is 0.243 e. The number of aromatic nitrogens is 2. The number of hydrogen-bond donors (Lipinski definition) is 1. The van der Waals surface area contributed by atoms with E-state index in [1.54, 1.807) is 7.05 Å². The second-order valence-electron chi connectivity index (χ2n) is 6.07. The van der Waals surface area contributed by atoms with Gasteiger partial charge in [-0.05, 0) is 25.0 Å². The molecule has 6 nitrogen and oxygen atoms in total. The third-order valence-corrected chi connectivity index (χ3v) is 4.80. The van der Waals surface area contributed by atoms with Crippen molar-refractivity contribution < 1.29 is 9.59 Å². The van der Waals surface area contributed by atoms with Gasteiger partial charge in [0.2, 0.25) is 11.8 Å². The van der Waals surface area contributed by atoms with Crippen LogP contribution in [0.15, 0.2) is 36.0 Å². The van der Waals surface area contributed by atoms with Crippen molar-refractivity contribution in [1.29, 1.82) is 0 Å². The highest BCUT2D eigenvalue weighted by Gasteiger charge is 2.16. The molecule has 0 aliphatic heterocycles. The highest BCUT2D eigenvalue weighted by Crippen LogP contribution is 2.19. The Hall–Kier alpha value is -2.67. The molecule has 0 aliphatic carbocycles. The Balaban J connectivity index is 1.59. The number of benzene rings is 1. The van der Waals surface area contributed by atoms with Gasteiger partial charge in [0, 0.05) is 30.5 Å². The third kappa shape index (κ3) is 3.88. The lowest BCUT2D eigenvalue weighted by Gasteiger charge is -2.17. The zero-order chi connectivity index (χ0) is 18.0. The number of thiazole rings is 1. The lowest BCUT2D eigenvalue weighted by molar-refractivity contribution is -0.132. The number of aryl methyl sites for hydroxylation is 2. The molecule has 1 N–H and O–H groups in total. The highest BCUT2D eigenvalue weighted by molar-refractivity contribution is 7.15. The molecule has 0 fully saturated rings. The lowest BCUT2D eigenvalue weighted by atomic mass is 10.1. The molecule has 0 bridgehead atoms. The van der Waals surface area contributed by atoms with Crippen LogP contribution < -0.4 is 5.32 Å². The zero-order valence-electron chi connectivity index (χ0n) is 14.4. The van der Waals surface area contributed by atoms with Crippen LogP contribution in [-0.4, -0.2) is 39.7 Å². The van der Waals surface area contributed by atoms with E-state index in [0.29, 0.717) is 5.69 Å². The van der Waals surface area contributed by atoms with Crippen molar-refractivity contribution in [3.63, 3.8) is 0 Å². The maximum absolute atomic E-state index is 12.3. The molecule has 0 saturated carbocycles. The largest absolute Gasteiger partial charge is 0.336 e. The number of rotatable bonds is 5. The van der Waals surface area contributed by atoms with Crippen LogP contribution in [0.5, 0.6) is 0 Å². The number of likely N-dealkylation sites (N-methyl/N-ethyl adjacent to an activating group) is 1. The lowest BCUT2D eigenvalue weighted by Crippen LogP contribution is -2.36. The molecule has 2 amide bonds. The standard InChI is InChI=1S/C18H20N4O2S/c1-12-5-4-6-13(2)17(12)20-15(23)11-21(3)16(24)9-14-10-22-7-8-25-18(22)19-14/h4-8,10H,9,11H2,1-3H3,(H,20,23). The quantitative estimate of drug-likeness (QED) is 0.764. The number of anilines is 1. The van der Waals surface area contributed by atoms with E-state index in [1.807, 2.05) is 54.2 Å². The predicted octanol–water partition coefficient (Wildman–Crippen LogP) is 2.65. The van der Waals surface area contributed by atoms with Crippen LogP contribution >= 0.6 is 11.3 Å². The number of hydrogen-bond acceptors (Lipinski definition) is 4. The van der Waals surface area contributed by atoms with Gasteiger partial charge in [-0.2, -0.15) is 0 Å². The summed E-state index contributed by atoms with van der Waals surface area (Å²) in [6.45, 7) is 3.90. The zero-order valence-corrected chi connectivity index (χ0v) is 15.3. The van der Waals surface area contributed by atoms with Gasteiger partial charge in [0.15, 0.2) is 4.96 Å². The average Bonchev–Trinajstić information content (AvgIpc) is 3.12. The second kappa shape index (κ2) is 7.06. The summed E-state index contributed by atoms with van der Waals surface area (Å²) in [5, 5.41) is 4.84. The first-order valence-corrected chi connectivity index (χ1v) is 8.83. The first kappa shape index (κ1) is 17.2. The van der Waals surface area contributed by atoms with E-state index < -0.39 is 0 Å². The molecule has 0 atom stereocenters. The molecule has 2 heterocycles. The van der Waals surface area contributed by atoms with Gasteiger partial charge in [-0.25, -0.2) is 4.98 Å². The Labute approximate surface area is 150 Å². The van der Waals surface area contributed by atoms with Crippen LogP contribution in [0.4, 0.5) is 5.69 Å². The molecule has 3 rings (SSSR count). The fourth-order valence-corrected chi connectivity index (χ4v) is 3.36. The molecule has 130 valence electrons. The minimum Gasteiger partial charge on any atom is -0.336 e. The Morgan fingerprint density at radius 2 is 2.00 bits per heavy atom. The van der Waals surface area contributed by atoms with E-state index in [4.69, 9.17) is 0 Å². The fraction of sp³-hybridized carbons (Fsp3) is 0.278. The minimum atomic E-state index is -0.209. The van der Waals surface area contributed by atoms with Gasteiger partial charge in [-0.1, -0.05) is 18.2 Å². The van der Waals surface area contributed by atoms with Crippen molar-refractivity contribution in [3.05, 3.63) is 52.8 Å². The van der Waals surface area contributed by atoms with Gasteiger partial charge in [0.25, 0.3) is 0 Å². The van der Waals surface area contributed by atoms with E-state index in [2.05, 4.69) is 10.3 Å². The summed E-state index contributed by atoms with van der Waals surface area (Å²) in [5.41, 5.74) is 3.52. The first-order valence-electron chi connectivity index (χ1n) is 7.95. The highest BCUT2D eigenvalue weighted by atomic mass is 32.1. The topological polar surface area (TPSA) is 66.7 Å². The molecule has 0 aliphatic rings. The summed E-state index contributed by atoms with van der Waals surface area (Å²) in [4.78, 5) is 31.3. The van der Waals surface area contributed by atoms with Crippen LogP contribution in [-0.2, 0) is 16.0 Å².